The molecule has 0 unspecified atom stereocenters. The lowest BCUT2D eigenvalue weighted by Gasteiger charge is -2.36. The molecule has 0 saturated heterocycles. The fourth-order valence-corrected chi connectivity index (χ4v) is 2.22. The van der Waals surface area contributed by atoms with Crippen molar-refractivity contribution in [3.8, 4) is 0 Å². The lowest BCUT2D eigenvalue weighted by atomic mass is 9.74. The van der Waals surface area contributed by atoms with Gasteiger partial charge in [-0.25, -0.2) is 0 Å². The molecular weight excluding hydrogens is 215 g/mol. The number of nitrogens with one attached hydrogen (secondary N) is 1. The number of rotatable bonds is 2. The molecule has 0 aliphatic heterocycles. The Labute approximate surface area is 92.7 Å². The van der Waals surface area contributed by atoms with Crippen molar-refractivity contribution >= 4 is 0 Å². The highest BCUT2D eigenvalue weighted by molar-refractivity contribution is 5.34. The molecule has 1 N–H and O–H groups in total. The van der Waals surface area contributed by atoms with Crippen LogP contribution in [0.25, 0.3) is 0 Å². The van der Waals surface area contributed by atoms with Gasteiger partial charge in [0, 0.05) is 6.04 Å². The highest BCUT2D eigenvalue weighted by Gasteiger charge is 2.38. The molecule has 0 heterocycles. The van der Waals surface area contributed by atoms with Gasteiger partial charge in [-0.05, 0) is 37.4 Å². The van der Waals surface area contributed by atoms with Gasteiger partial charge in [0.2, 0.25) is 0 Å². The summed E-state index contributed by atoms with van der Waals surface area (Å²) in [5, 5.41) is 3.08. The largest absolute Gasteiger partial charge is 0.416 e. The van der Waals surface area contributed by atoms with Crippen molar-refractivity contribution in [1.29, 1.82) is 0 Å². The van der Waals surface area contributed by atoms with Gasteiger partial charge < -0.3 is 5.32 Å². The van der Waals surface area contributed by atoms with Crippen LogP contribution in [0.2, 0.25) is 0 Å². The maximum Gasteiger partial charge on any atom is 0.416 e. The summed E-state index contributed by atoms with van der Waals surface area (Å²) in [6.45, 7) is 0. The average Bonchev–Trinajstić information content (AvgIpc) is 2.15. The summed E-state index contributed by atoms with van der Waals surface area (Å²) in [7, 11) is 1.84. The van der Waals surface area contributed by atoms with Gasteiger partial charge in [0.1, 0.15) is 0 Å². The van der Waals surface area contributed by atoms with E-state index in [2.05, 4.69) is 5.32 Å². The highest BCUT2D eigenvalue weighted by atomic mass is 19.4. The summed E-state index contributed by atoms with van der Waals surface area (Å²) < 4.78 is 38.2. The second-order valence-electron chi connectivity index (χ2n) is 4.24. The molecule has 1 aliphatic carbocycles. The first-order chi connectivity index (χ1) is 7.52. The molecule has 0 aromatic heterocycles. The summed E-state index contributed by atoms with van der Waals surface area (Å²) in [6.07, 6.45) is -2.64. The molecule has 0 atom stereocenters. The van der Waals surface area contributed by atoms with Crippen molar-refractivity contribution in [2.75, 3.05) is 7.05 Å². The van der Waals surface area contributed by atoms with Crippen LogP contribution in [0.1, 0.15) is 29.9 Å². The second kappa shape index (κ2) is 4.09. The molecule has 0 amide bonds. The van der Waals surface area contributed by atoms with Gasteiger partial charge >= 0.3 is 6.18 Å². The zero-order valence-electron chi connectivity index (χ0n) is 9.01. The van der Waals surface area contributed by atoms with E-state index in [4.69, 9.17) is 0 Å². The maximum absolute atomic E-state index is 12.7. The van der Waals surface area contributed by atoms with Crippen LogP contribution in [0.4, 0.5) is 13.2 Å². The van der Waals surface area contributed by atoms with Crippen molar-refractivity contribution in [3.63, 3.8) is 0 Å². The van der Waals surface area contributed by atoms with Crippen LogP contribution < -0.4 is 5.32 Å². The first-order valence-electron chi connectivity index (χ1n) is 5.35. The first-order valence-corrected chi connectivity index (χ1v) is 5.35. The Morgan fingerprint density at radius 1 is 1.19 bits per heavy atom. The Hall–Kier alpha value is -1.03. The minimum absolute atomic E-state index is 0.0512. The molecule has 16 heavy (non-hydrogen) atoms. The quantitative estimate of drug-likeness (QED) is 0.821. The van der Waals surface area contributed by atoms with E-state index in [1.807, 2.05) is 7.05 Å². The SMILES string of the molecule is CNC1CC(c2ccccc2C(F)(F)F)C1. The topological polar surface area (TPSA) is 12.0 Å². The fraction of sp³-hybridized carbons (Fsp3) is 0.500. The van der Waals surface area contributed by atoms with E-state index in [1.54, 1.807) is 12.1 Å². The van der Waals surface area contributed by atoms with Crippen LogP contribution in [0.15, 0.2) is 24.3 Å². The van der Waals surface area contributed by atoms with Crippen LogP contribution in [0, 0.1) is 0 Å². The van der Waals surface area contributed by atoms with Crippen LogP contribution >= 0.6 is 0 Å². The third-order valence-electron chi connectivity index (χ3n) is 3.25. The maximum atomic E-state index is 12.7. The van der Waals surface area contributed by atoms with Crippen LogP contribution in [0.5, 0.6) is 0 Å². The van der Waals surface area contributed by atoms with Gasteiger partial charge in [-0.3, -0.25) is 0 Å². The normalized spacial score (nSPS) is 25.2. The standard InChI is InChI=1S/C12H14F3N/c1-16-9-6-8(7-9)10-4-2-3-5-11(10)12(13,14)15/h2-5,8-9,16H,6-7H2,1H3. The number of benzene rings is 1. The summed E-state index contributed by atoms with van der Waals surface area (Å²) in [5.41, 5.74) is -0.0314. The molecule has 4 heteroatoms. The molecule has 0 spiro atoms. The fourth-order valence-electron chi connectivity index (χ4n) is 2.22. The Morgan fingerprint density at radius 2 is 1.81 bits per heavy atom. The number of halogens is 3. The van der Waals surface area contributed by atoms with Gasteiger partial charge in [-0.15, -0.1) is 0 Å². The smallest absolute Gasteiger partial charge is 0.317 e. The van der Waals surface area contributed by atoms with E-state index in [-0.39, 0.29) is 5.92 Å². The molecule has 2 rings (SSSR count). The molecule has 1 aliphatic rings. The Bertz CT molecular complexity index is 367. The van der Waals surface area contributed by atoms with Crippen LogP contribution in [0.3, 0.4) is 0 Å². The molecule has 1 aromatic carbocycles. The number of alkyl halides is 3. The van der Waals surface area contributed by atoms with Crippen molar-refractivity contribution in [1.82, 2.24) is 5.32 Å². The lowest BCUT2D eigenvalue weighted by Crippen LogP contribution is -2.38. The molecular formula is C12H14F3N. The molecule has 0 radical (unpaired) electrons. The average molecular weight is 229 g/mol. The zero-order chi connectivity index (χ0) is 11.8. The van der Waals surface area contributed by atoms with E-state index < -0.39 is 11.7 Å². The first kappa shape index (κ1) is 11.5. The Balaban J connectivity index is 2.22. The molecule has 88 valence electrons. The molecule has 1 nitrogen and oxygen atoms in total. The summed E-state index contributed by atoms with van der Waals surface area (Å²) in [6, 6.07) is 6.26. The van der Waals surface area contributed by atoms with Crippen LogP contribution in [-0.2, 0) is 6.18 Å². The highest BCUT2D eigenvalue weighted by Crippen LogP contribution is 2.42. The second-order valence-corrected chi connectivity index (χ2v) is 4.24. The summed E-state index contributed by atoms with van der Waals surface area (Å²) in [5.74, 6) is 0.0512. The van der Waals surface area contributed by atoms with E-state index in [9.17, 15) is 13.2 Å². The van der Waals surface area contributed by atoms with Gasteiger partial charge in [0.25, 0.3) is 0 Å². The molecule has 0 bridgehead atoms. The zero-order valence-corrected chi connectivity index (χ0v) is 9.01. The molecule has 1 saturated carbocycles. The monoisotopic (exact) mass is 229 g/mol. The number of hydrogen-bond acceptors (Lipinski definition) is 1. The van der Waals surface area contributed by atoms with Crippen molar-refractivity contribution in [2.24, 2.45) is 0 Å². The van der Waals surface area contributed by atoms with Gasteiger partial charge in [0.05, 0.1) is 5.56 Å². The van der Waals surface area contributed by atoms with Crippen molar-refractivity contribution in [3.05, 3.63) is 35.4 Å². The Kier molecular flexibility index (Phi) is 2.93. The molecule has 1 fully saturated rings. The van der Waals surface area contributed by atoms with Gasteiger partial charge in [0.15, 0.2) is 0 Å². The van der Waals surface area contributed by atoms with E-state index in [1.165, 1.54) is 12.1 Å². The van der Waals surface area contributed by atoms with Crippen molar-refractivity contribution < 1.29 is 13.2 Å². The third kappa shape index (κ3) is 2.07. The predicted octanol–water partition coefficient (Wildman–Crippen LogP) is 3.17. The minimum Gasteiger partial charge on any atom is -0.317 e. The summed E-state index contributed by atoms with van der Waals surface area (Å²) in [4.78, 5) is 0. The Morgan fingerprint density at radius 3 is 2.38 bits per heavy atom. The van der Waals surface area contributed by atoms with E-state index in [0.29, 0.717) is 11.6 Å². The van der Waals surface area contributed by atoms with Gasteiger partial charge in [-0.2, -0.15) is 13.2 Å². The lowest BCUT2D eigenvalue weighted by molar-refractivity contribution is -0.138. The van der Waals surface area contributed by atoms with E-state index in [0.717, 1.165) is 12.8 Å². The van der Waals surface area contributed by atoms with Crippen LogP contribution in [-0.4, -0.2) is 13.1 Å². The minimum atomic E-state index is -4.23. The summed E-state index contributed by atoms with van der Waals surface area (Å²) >= 11 is 0. The van der Waals surface area contributed by atoms with Crippen molar-refractivity contribution in [2.45, 2.75) is 31.0 Å². The third-order valence-corrected chi connectivity index (χ3v) is 3.25. The molecule has 1 aromatic rings. The van der Waals surface area contributed by atoms with Gasteiger partial charge in [-0.1, -0.05) is 18.2 Å². The van der Waals surface area contributed by atoms with E-state index >= 15 is 0 Å². The predicted molar refractivity (Wildman–Crippen MR) is 56.3 cm³/mol. The number of hydrogen-bond donors (Lipinski definition) is 1.